The summed E-state index contributed by atoms with van der Waals surface area (Å²) in [5, 5.41) is 2.79. The summed E-state index contributed by atoms with van der Waals surface area (Å²) in [7, 11) is 0. The molecule has 0 spiro atoms. The molecule has 0 atom stereocenters. The molecule has 2 amide bonds. The molecule has 0 saturated heterocycles. The molecule has 1 aromatic heterocycles. The van der Waals surface area contributed by atoms with Gasteiger partial charge >= 0.3 is 5.69 Å². The first-order valence-electron chi connectivity index (χ1n) is 11.3. The number of nitrogens with zero attached hydrogens (tertiary/aromatic N) is 2. The molecule has 178 valence electrons. The zero-order valence-electron chi connectivity index (χ0n) is 19.3. The number of carbonyl (C=O) groups excluding carboxylic acids is 2. The number of H-pyrrole nitrogens is 1. The maximum Gasteiger partial charge on any atom is 0.330 e. The molecule has 0 saturated carbocycles. The Morgan fingerprint density at radius 2 is 1.65 bits per heavy atom. The van der Waals surface area contributed by atoms with Crippen LogP contribution in [-0.2, 0) is 6.54 Å². The molecule has 0 aliphatic carbocycles. The molecule has 4 N–H and O–H groups in total. The fraction of sp³-hybridized carbons (Fsp3) is 0.280. The Morgan fingerprint density at radius 1 is 0.971 bits per heavy atom. The largest absolute Gasteiger partial charge is 0.383 e. The van der Waals surface area contributed by atoms with Crippen molar-refractivity contribution in [1.82, 2.24) is 9.55 Å². The molecule has 0 radical (unpaired) electrons. The van der Waals surface area contributed by atoms with Gasteiger partial charge in [0.05, 0.1) is 0 Å². The average Bonchev–Trinajstić information content (AvgIpc) is 2.84. The molecule has 0 bridgehead atoms. The summed E-state index contributed by atoms with van der Waals surface area (Å²) >= 11 is 0. The lowest BCUT2D eigenvalue weighted by Gasteiger charge is -2.24. The number of nitrogen functional groups attached to an aromatic ring is 1. The van der Waals surface area contributed by atoms with E-state index in [9.17, 15) is 19.2 Å². The summed E-state index contributed by atoms with van der Waals surface area (Å²) in [5.41, 5.74) is 6.22. The number of hydrogen-bond acceptors (Lipinski definition) is 5. The van der Waals surface area contributed by atoms with E-state index in [1.54, 1.807) is 48.5 Å². The van der Waals surface area contributed by atoms with Gasteiger partial charge in [-0.25, -0.2) is 4.79 Å². The molecule has 3 rings (SSSR count). The molecule has 2 aromatic carbocycles. The predicted octanol–water partition coefficient (Wildman–Crippen LogP) is 3.23. The average molecular weight is 464 g/mol. The van der Waals surface area contributed by atoms with Gasteiger partial charge in [-0.2, -0.15) is 0 Å². The van der Waals surface area contributed by atoms with Crippen molar-refractivity contribution in [2.45, 2.75) is 39.7 Å². The zero-order valence-corrected chi connectivity index (χ0v) is 19.3. The Bertz CT molecular complexity index is 1260. The maximum absolute atomic E-state index is 13.4. The fourth-order valence-electron chi connectivity index (χ4n) is 3.56. The second kappa shape index (κ2) is 11.1. The monoisotopic (exact) mass is 463 g/mol. The Morgan fingerprint density at radius 3 is 2.26 bits per heavy atom. The lowest BCUT2D eigenvalue weighted by molar-refractivity contribution is 0.0985. The van der Waals surface area contributed by atoms with Crippen LogP contribution in [0.4, 0.5) is 17.2 Å². The van der Waals surface area contributed by atoms with Gasteiger partial charge in [0.25, 0.3) is 17.4 Å². The van der Waals surface area contributed by atoms with Crippen LogP contribution in [-0.4, -0.2) is 27.9 Å². The summed E-state index contributed by atoms with van der Waals surface area (Å²) in [6.07, 6.45) is 2.07. The number of benzene rings is 2. The summed E-state index contributed by atoms with van der Waals surface area (Å²) in [6, 6.07) is 15.2. The van der Waals surface area contributed by atoms with Crippen LogP contribution < -0.4 is 27.2 Å². The first-order valence-corrected chi connectivity index (χ1v) is 11.3. The molecule has 0 fully saturated rings. The third-order valence-corrected chi connectivity index (χ3v) is 5.34. The minimum atomic E-state index is -0.703. The highest BCUT2D eigenvalue weighted by molar-refractivity contribution is 6.08. The summed E-state index contributed by atoms with van der Waals surface area (Å²) in [4.78, 5) is 54.2. The second-order valence-corrected chi connectivity index (χ2v) is 7.85. The molecule has 1 heterocycles. The zero-order chi connectivity index (χ0) is 24.7. The highest BCUT2D eigenvalue weighted by atomic mass is 16.2. The lowest BCUT2D eigenvalue weighted by Crippen LogP contribution is -2.41. The van der Waals surface area contributed by atoms with Gasteiger partial charge in [0.15, 0.2) is 5.69 Å². The van der Waals surface area contributed by atoms with Crippen LogP contribution >= 0.6 is 0 Å². The number of unbranched alkanes of at least 4 members (excludes halogenated alkanes) is 1. The first kappa shape index (κ1) is 24.5. The molecule has 34 heavy (non-hydrogen) atoms. The summed E-state index contributed by atoms with van der Waals surface area (Å²) in [6.45, 7) is 4.44. The van der Waals surface area contributed by atoms with Crippen LogP contribution in [0.1, 0.15) is 53.8 Å². The normalized spacial score (nSPS) is 10.6. The van der Waals surface area contributed by atoms with Gasteiger partial charge in [0, 0.05) is 29.9 Å². The Balaban J connectivity index is 1.90. The van der Waals surface area contributed by atoms with Gasteiger partial charge in [-0.05, 0) is 49.2 Å². The SMILES string of the molecule is CCCCN(C(=O)c1ccc(NC(=O)c2ccccc2)cc1)c1c(N)n(CCC)c(=O)[nH]c1=O. The van der Waals surface area contributed by atoms with E-state index in [-0.39, 0.29) is 24.0 Å². The van der Waals surface area contributed by atoms with Crippen molar-refractivity contribution in [1.29, 1.82) is 0 Å². The molecule has 3 aromatic rings. The molecule has 9 nitrogen and oxygen atoms in total. The van der Waals surface area contributed by atoms with E-state index in [4.69, 9.17) is 5.73 Å². The molecular formula is C25H29N5O4. The second-order valence-electron chi connectivity index (χ2n) is 7.85. The van der Waals surface area contributed by atoms with E-state index in [0.29, 0.717) is 36.2 Å². The van der Waals surface area contributed by atoms with Crippen molar-refractivity contribution in [3.63, 3.8) is 0 Å². The molecule has 0 aliphatic heterocycles. The molecule has 0 aliphatic rings. The van der Waals surface area contributed by atoms with Crippen LogP contribution in [0.15, 0.2) is 64.2 Å². The number of rotatable bonds is 9. The van der Waals surface area contributed by atoms with Gasteiger partial charge < -0.3 is 16.0 Å². The molecular weight excluding hydrogens is 434 g/mol. The van der Waals surface area contributed by atoms with E-state index < -0.39 is 17.2 Å². The van der Waals surface area contributed by atoms with Gasteiger partial charge in [-0.15, -0.1) is 0 Å². The number of nitrogens with one attached hydrogen (secondary N) is 2. The number of anilines is 3. The van der Waals surface area contributed by atoms with Crippen molar-refractivity contribution in [2.24, 2.45) is 0 Å². The van der Waals surface area contributed by atoms with Crippen molar-refractivity contribution in [2.75, 3.05) is 22.5 Å². The highest BCUT2D eigenvalue weighted by Gasteiger charge is 2.25. The third-order valence-electron chi connectivity index (χ3n) is 5.34. The van der Waals surface area contributed by atoms with Crippen molar-refractivity contribution in [3.05, 3.63) is 86.6 Å². The van der Waals surface area contributed by atoms with E-state index in [0.717, 1.165) is 6.42 Å². The van der Waals surface area contributed by atoms with Gasteiger partial charge in [-0.1, -0.05) is 38.5 Å². The lowest BCUT2D eigenvalue weighted by atomic mass is 10.1. The van der Waals surface area contributed by atoms with E-state index in [1.807, 2.05) is 19.9 Å². The van der Waals surface area contributed by atoms with Crippen LogP contribution in [0, 0.1) is 0 Å². The van der Waals surface area contributed by atoms with Crippen molar-refractivity contribution >= 4 is 29.0 Å². The molecule has 9 heteroatoms. The predicted molar refractivity (Wildman–Crippen MR) is 133 cm³/mol. The number of nitrogens with two attached hydrogens (primary N) is 1. The number of aromatic amines is 1. The van der Waals surface area contributed by atoms with E-state index in [2.05, 4.69) is 10.3 Å². The Kier molecular flexibility index (Phi) is 8.02. The quantitative estimate of drug-likeness (QED) is 0.448. The number of carbonyl (C=O) groups is 2. The van der Waals surface area contributed by atoms with Crippen LogP contribution in [0.3, 0.4) is 0 Å². The number of amides is 2. The standard InChI is InChI=1S/C25H29N5O4/c1-3-5-16-29(20-21(26)30(15-4-2)25(34)28-23(20)32)24(33)18-11-13-19(14-12-18)27-22(31)17-9-7-6-8-10-17/h6-14H,3-5,15-16,26H2,1-2H3,(H,27,31)(H,28,32,34). The maximum atomic E-state index is 13.4. The van der Waals surface area contributed by atoms with Crippen LogP contribution in [0.2, 0.25) is 0 Å². The van der Waals surface area contributed by atoms with E-state index >= 15 is 0 Å². The van der Waals surface area contributed by atoms with Crippen molar-refractivity contribution < 1.29 is 9.59 Å². The minimum absolute atomic E-state index is 0.0343. The van der Waals surface area contributed by atoms with E-state index in [1.165, 1.54) is 9.47 Å². The first-order chi connectivity index (χ1) is 16.4. The highest BCUT2D eigenvalue weighted by Crippen LogP contribution is 2.21. The van der Waals surface area contributed by atoms with Crippen molar-refractivity contribution in [3.8, 4) is 0 Å². The van der Waals surface area contributed by atoms with Gasteiger partial charge in [0.2, 0.25) is 0 Å². The van der Waals surface area contributed by atoms with Crippen LogP contribution in [0.25, 0.3) is 0 Å². The minimum Gasteiger partial charge on any atom is -0.383 e. The van der Waals surface area contributed by atoms with Crippen LogP contribution in [0.5, 0.6) is 0 Å². The smallest absolute Gasteiger partial charge is 0.330 e. The number of hydrogen-bond donors (Lipinski definition) is 3. The molecule has 0 unspecified atom stereocenters. The third kappa shape index (κ3) is 5.43. The van der Waals surface area contributed by atoms with Gasteiger partial charge in [-0.3, -0.25) is 23.9 Å². The summed E-state index contributed by atoms with van der Waals surface area (Å²) in [5.74, 6) is -0.721. The Labute approximate surface area is 197 Å². The fourth-order valence-corrected chi connectivity index (χ4v) is 3.56. The topological polar surface area (TPSA) is 130 Å². The number of aromatic nitrogens is 2. The Hall–Kier alpha value is -4.14. The summed E-state index contributed by atoms with van der Waals surface area (Å²) < 4.78 is 1.27. The van der Waals surface area contributed by atoms with Gasteiger partial charge in [0.1, 0.15) is 5.82 Å².